The predicted octanol–water partition coefficient (Wildman–Crippen LogP) is 5.26. The molecule has 0 aliphatic heterocycles. The largest absolute Gasteiger partial charge is 0.509 e. The Morgan fingerprint density at radius 3 is 2.40 bits per heavy atom. The Bertz CT molecular complexity index is 375. The van der Waals surface area contributed by atoms with E-state index in [1.165, 1.54) is 19.3 Å². The van der Waals surface area contributed by atoms with Crippen LogP contribution in [0.1, 0.15) is 64.5 Å². The van der Waals surface area contributed by atoms with E-state index in [9.17, 15) is 4.79 Å². The van der Waals surface area contributed by atoms with E-state index in [2.05, 4.69) is 6.92 Å². The molecule has 0 saturated heterocycles. The number of ether oxygens (including phenoxy) is 2. The maximum absolute atomic E-state index is 11.7. The number of unbranched alkanes of at least 4 members (excludes halogenated alkanes) is 3. The molecular formula is C17H26O3. The predicted molar refractivity (Wildman–Crippen MR) is 80.6 cm³/mol. The van der Waals surface area contributed by atoms with Crippen molar-refractivity contribution >= 4 is 6.16 Å². The van der Waals surface area contributed by atoms with Crippen LogP contribution in [0.4, 0.5) is 4.79 Å². The summed E-state index contributed by atoms with van der Waals surface area (Å²) >= 11 is 0. The second-order valence-electron chi connectivity index (χ2n) is 5.20. The molecule has 1 rings (SSSR count). The maximum atomic E-state index is 11.7. The van der Waals surface area contributed by atoms with Crippen LogP contribution < -0.4 is 0 Å². The van der Waals surface area contributed by atoms with Crippen LogP contribution in [-0.4, -0.2) is 12.3 Å². The molecule has 0 saturated carbocycles. The van der Waals surface area contributed by atoms with Crippen molar-refractivity contribution in [3.05, 3.63) is 35.9 Å². The van der Waals surface area contributed by atoms with Gasteiger partial charge in [-0.3, -0.25) is 0 Å². The standard InChI is InChI=1S/C17H26O3/c1-4-5-6-8-11-14(2)19-17(18)20-15(3)16-12-9-7-10-13-16/h7,9-10,12-15H,4-6,8,11H2,1-3H3/t14-,15+/m1/s1. The van der Waals surface area contributed by atoms with Gasteiger partial charge in [-0.25, -0.2) is 4.79 Å². The molecular weight excluding hydrogens is 252 g/mol. The van der Waals surface area contributed by atoms with Gasteiger partial charge in [0.1, 0.15) is 12.2 Å². The molecule has 0 amide bonds. The molecule has 0 N–H and O–H groups in total. The zero-order valence-corrected chi connectivity index (χ0v) is 12.8. The van der Waals surface area contributed by atoms with Crippen LogP contribution in [0, 0.1) is 0 Å². The summed E-state index contributed by atoms with van der Waals surface area (Å²) in [5.74, 6) is 0. The van der Waals surface area contributed by atoms with Gasteiger partial charge in [-0.1, -0.05) is 56.5 Å². The molecule has 0 aliphatic carbocycles. The lowest BCUT2D eigenvalue weighted by molar-refractivity contribution is 0.00441. The van der Waals surface area contributed by atoms with Crippen molar-refractivity contribution in [2.75, 3.05) is 0 Å². The van der Waals surface area contributed by atoms with E-state index in [0.717, 1.165) is 18.4 Å². The van der Waals surface area contributed by atoms with Crippen molar-refractivity contribution in [2.45, 2.75) is 65.1 Å². The first-order valence-electron chi connectivity index (χ1n) is 7.55. The first-order chi connectivity index (χ1) is 9.63. The average Bonchev–Trinajstić information content (AvgIpc) is 2.44. The van der Waals surface area contributed by atoms with Gasteiger partial charge in [0, 0.05) is 0 Å². The summed E-state index contributed by atoms with van der Waals surface area (Å²) in [7, 11) is 0. The van der Waals surface area contributed by atoms with E-state index in [1.807, 2.05) is 44.2 Å². The molecule has 1 aromatic carbocycles. The minimum atomic E-state index is -0.579. The SMILES string of the molecule is CCCCCC[C@@H](C)OC(=O)O[C@@H](C)c1ccccc1. The van der Waals surface area contributed by atoms with E-state index >= 15 is 0 Å². The molecule has 0 bridgehead atoms. The monoisotopic (exact) mass is 278 g/mol. The van der Waals surface area contributed by atoms with Gasteiger partial charge in [-0.15, -0.1) is 0 Å². The minimum absolute atomic E-state index is 0.0812. The van der Waals surface area contributed by atoms with E-state index < -0.39 is 6.16 Å². The van der Waals surface area contributed by atoms with Crippen LogP contribution in [0.25, 0.3) is 0 Å². The Morgan fingerprint density at radius 1 is 1.05 bits per heavy atom. The van der Waals surface area contributed by atoms with Gasteiger partial charge in [0.05, 0.1) is 0 Å². The summed E-state index contributed by atoms with van der Waals surface area (Å²) < 4.78 is 10.5. The third-order valence-electron chi connectivity index (χ3n) is 3.30. The van der Waals surface area contributed by atoms with Gasteiger partial charge in [-0.05, 0) is 32.3 Å². The molecule has 3 heteroatoms. The molecule has 0 aliphatic rings. The maximum Gasteiger partial charge on any atom is 0.509 e. The van der Waals surface area contributed by atoms with Crippen LogP contribution in [0.2, 0.25) is 0 Å². The number of carbonyl (C=O) groups excluding carboxylic acids is 1. The highest BCUT2D eigenvalue weighted by Gasteiger charge is 2.15. The number of carbonyl (C=O) groups is 1. The lowest BCUT2D eigenvalue weighted by Gasteiger charge is -2.16. The zero-order chi connectivity index (χ0) is 14.8. The molecule has 0 aromatic heterocycles. The summed E-state index contributed by atoms with van der Waals surface area (Å²) in [6.45, 7) is 5.95. The fourth-order valence-electron chi connectivity index (χ4n) is 2.05. The van der Waals surface area contributed by atoms with Crippen molar-refractivity contribution in [3.63, 3.8) is 0 Å². The number of hydrogen-bond donors (Lipinski definition) is 0. The minimum Gasteiger partial charge on any atom is -0.431 e. The van der Waals surface area contributed by atoms with Gasteiger partial charge in [-0.2, -0.15) is 0 Å². The molecule has 2 atom stereocenters. The Morgan fingerprint density at radius 2 is 1.75 bits per heavy atom. The van der Waals surface area contributed by atoms with Gasteiger partial charge < -0.3 is 9.47 Å². The number of hydrogen-bond acceptors (Lipinski definition) is 3. The number of rotatable bonds is 8. The van der Waals surface area contributed by atoms with E-state index in [-0.39, 0.29) is 12.2 Å². The molecule has 112 valence electrons. The van der Waals surface area contributed by atoms with E-state index in [0.29, 0.717) is 0 Å². The molecule has 0 heterocycles. The highest BCUT2D eigenvalue weighted by molar-refractivity contribution is 5.60. The summed E-state index contributed by atoms with van der Waals surface area (Å²) in [4.78, 5) is 11.7. The number of benzene rings is 1. The lowest BCUT2D eigenvalue weighted by atomic mass is 10.1. The molecule has 0 spiro atoms. The van der Waals surface area contributed by atoms with E-state index in [4.69, 9.17) is 9.47 Å². The first-order valence-corrected chi connectivity index (χ1v) is 7.55. The quantitative estimate of drug-likeness (QED) is 0.480. The fourth-order valence-corrected chi connectivity index (χ4v) is 2.05. The lowest BCUT2D eigenvalue weighted by Crippen LogP contribution is -2.17. The second-order valence-corrected chi connectivity index (χ2v) is 5.20. The topological polar surface area (TPSA) is 35.5 Å². The molecule has 0 radical (unpaired) electrons. The van der Waals surface area contributed by atoms with Gasteiger partial charge in [0.25, 0.3) is 0 Å². The smallest absolute Gasteiger partial charge is 0.431 e. The third kappa shape index (κ3) is 6.60. The highest BCUT2D eigenvalue weighted by Crippen LogP contribution is 2.17. The Labute approximate surface area is 122 Å². The molecule has 0 unspecified atom stereocenters. The Balaban J connectivity index is 2.25. The van der Waals surface area contributed by atoms with Crippen LogP contribution in [-0.2, 0) is 9.47 Å². The van der Waals surface area contributed by atoms with Crippen molar-refractivity contribution in [2.24, 2.45) is 0 Å². The van der Waals surface area contributed by atoms with Crippen LogP contribution in [0.15, 0.2) is 30.3 Å². The van der Waals surface area contributed by atoms with Crippen molar-refractivity contribution in [3.8, 4) is 0 Å². The molecule has 0 fully saturated rings. The molecule has 20 heavy (non-hydrogen) atoms. The summed E-state index contributed by atoms with van der Waals surface area (Å²) in [5, 5.41) is 0. The first kappa shape index (κ1) is 16.5. The Kier molecular flexibility index (Phi) is 7.78. The molecule has 1 aromatic rings. The highest BCUT2D eigenvalue weighted by atomic mass is 16.7. The molecule has 3 nitrogen and oxygen atoms in total. The Hall–Kier alpha value is -1.51. The fraction of sp³-hybridized carbons (Fsp3) is 0.588. The van der Waals surface area contributed by atoms with Crippen molar-refractivity contribution < 1.29 is 14.3 Å². The van der Waals surface area contributed by atoms with Gasteiger partial charge in [0.15, 0.2) is 0 Å². The zero-order valence-electron chi connectivity index (χ0n) is 12.8. The van der Waals surface area contributed by atoms with Crippen LogP contribution in [0.5, 0.6) is 0 Å². The van der Waals surface area contributed by atoms with Crippen LogP contribution in [0.3, 0.4) is 0 Å². The van der Waals surface area contributed by atoms with Crippen molar-refractivity contribution in [1.29, 1.82) is 0 Å². The third-order valence-corrected chi connectivity index (χ3v) is 3.30. The second kappa shape index (κ2) is 9.40. The van der Waals surface area contributed by atoms with Gasteiger partial charge in [0.2, 0.25) is 0 Å². The average molecular weight is 278 g/mol. The van der Waals surface area contributed by atoms with Crippen LogP contribution >= 0.6 is 0 Å². The summed E-state index contributed by atoms with van der Waals surface area (Å²) in [6.07, 6.45) is 4.70. The van der Waals surface area contributed by atoms with E-state index in [1.54, 1.807) is 0 Å². The summed E-state index contributed by atoms with van der Waals surface area (Å²) in [6, 6.07) is 9.67. The van der Waals surface area contributed by atoms with Gasteiger partial charge >= 0.3 is 6.16 Å². The van der Waals surface area contributed by atoms with Crippen molar-refractivity contribution in [1.82, 2.24) is 0 Å². The summed E-state index contributed by atoms with van der Waals surface area (Å²) in [5.41, 5.74) is 0.972. The normalized spacial score (nSPS) is 13.6.